The van der Waals surface area contributed by atoms with Crippen LogP contribution in [0.4, 0.5) is 11.4 Å². The molecule has 0 bridgehead atoms. The maximum absolute atomic E-state index is 6.74. The lowest BCUT2D eigenvalue weighted by atomic mass is 9.92. The summed E-state index contributed by atoms with van der Waals surface area (Å²) in [6, 6.07) is 42.5. The van der Waals surface area contributed by atoms with E-state index in [1.165, 1.54) is 27.1 Å². The van der Waals surface area contributed by atoms with Gasteiger partial charge >= 0.3 is 0 Å². The molecule has 0 fully saturated rings. The molecule has 0 amide bonds. The molecule has 0 aliphatic heterocycles. The molecule has 0 saturated carbocycles. The van der Waals surface area contributed by atoms with E-state index in [2.05, 4.69) is 108 Å². The first kappa shape index (κ1) is 19.0. The van der Waals surface area contributed by atoms with Crippen molar-refractivity contribution < 1.29 is 4.42 Å². The van der Waals surface area contributed by atoms with Crippen molar-refractivity contribution in [1.29, 1.82) is 0 Å². The minimum atomic E-state index is 0.873. The summed E-state index contributed by atoms with van der Waals surface area (Å²) in [5, 5.41) is 10.7. The molecule has 0 aliphatic rings. The largest absolute Gasteiger partial charge is 0.453 e. The first-order valence-electron chi connectivity index (χ1n) is 11.5. The predicted molar refractivity (Wildman–Crippen MR) is 144 cm³/mol. The first-order valence-corrected chi connectivity index (χ1v) is 11.5. The van der Waals surface area contributed by atoms with Gasteiger partial charge in [0.05, 0.1) is 5.69 Å². The standard InChI is InChI=1S/C32H21NO/c1-2-13-23(14-3-1)33-29-19-9-18-27-28-20-22-11-5-7-16-25(22)30(32(28)34-31(27)29)26-17-8-12-21-10-4-6-15-24(21)26/h1-20,33H. The molecular weight excluding hydrogens is 414 g/mol. The van der Waals surface area contributed by atoms with Crippen molar-refractivity contribution in [2.45, 2.75) is 0 Å². The lowest BCUT2D eigenvalue weighted by Crippen LogP contribution is -1.89. The van der Waals surface area contributed by atoms with Gasteiger partial charge in [0.1, 0.15) is 5.58 Å². The van der Waals surface area contributed by atoms with Gasteiger partial charge in [-0.25, -0.2) is 0 Å². The van der Waals surface area contributed by atoms with Crippen LogP contribution in [0, 0.1) is 0 Å². The molecule has 7 aromatic rings. The maximum Gasteiger partial charge on any atom is 0.158 e. The summed E-state index contributed by atoms with van der Waals surface area (Å²) in [6.45, 7) is 0. The summed E-state index contributed by atoms with van der Waals surface area (Å²) in [5.41, 5.74) is 6.14. The van der Waals surface area contributed by atoms with E-state index >= 15 is 0 Å². The molecule has 0 saturated heterocycles. The molecule has 0 atom stereocenters. The van der Waals surface area contributed by atoms with E-state index in [1.807, 2.05) is 18.2 Å². The van der Waals surface area contributed by atoms with E-state index in [4.69, 9.17) is 4.42 Å². The Bertz CT molecular complexity index is 1820. The Kier molecular flexibility index (Phi) is 4.18. The second-order valence-electron chi connectivity index (χ2n) is 8.65. The molecule has 2 nitrogen and oxygen atoms in total. The van der Waals surface area contributed by atoms with Gasteiger partial charge in [0.2, 0.25) is 0 Å². The highest BCUT2D eigenvalue weighted by molar-refractivity contribution is 6.21. The van der Waals surface area contributed by atoms with Gasteiger partial charge in [0.15, 0.2) is 5.58 Å². The van der Waals surface area contributed by atoms with Gasteiger partial charge in [0, 0.05) is 22.0 Å². The zero-order valence-electron chi connectivity index (χ0n) is 18.5. The minimum Gasteiger partial charge on any atom is -0.453 e. The highest BCUT2D eigenvalue weighted by Gasteiger charge is 2.19. The fraction of sp³-hybridized carbons (Fsp3) is 0. The fourth-order valence-electron chi connectivity index (χ4n) is 5.08. The van der Waals surface area contributed by atoms with Crippen molar-refractivity contribution in [2.24, 2.45) is 0 Å². The molecule has 1 N–H and O–H groups in total. The summed E-state index contributed by atoms with van der Waals surface area (Å²) in [7, 11) is 0. The topological polar surface area (TPSA) is 25.2 Å². The van der Waals surface area contributed by atoms with E-state index in [9.17, 15) is 0 Å². The number of nitrogens with one attached hydrogen (secondary N) is 1. The van der Waals surface area contributed by atoms with Crippen molar-refractivity contribution >= 4 is 54.9 Å². The van der Waals surface area contributed by atoms with Gasteiger partial charge in [-0.15, -0.1) is 0 Å². The van der Waals surface area contributed by atoms with Gasteiger partial charge < -0.3 is 9.73 Å². The zero-order valence-corrected chi connectivity index (χ0v) is 18.5. The summed E-state index contributed by atoms with van der Waals surface area (Å²) in [4.78, 5) is 0. The summed E-state index contributed by atoms with van der Waals surface area (Å²) < 4.78 is 6.74. The Balaban J connectivity index is 1.59. The maximum atomic E-state index is 6.74. The van der Waals surface area contributed by atoms with Crippen LogP contribution in [0.3, 0.4) is 0 Å². The lowest BCUT2D eigenvalue weighted by molar-refractivity contribution is 0.672. The number of anilines is 2. The quantitative estimate of drug-likeness (QED) is 0.299. The van der Waals surface area contributed by atoms with E-state index in [0.717, 1.165) is 38.9 Å². The first-order chi connectivity index (χ1) is 16.9. The van der Waals surface area contributed by atoms with Crippen LogP contribution < -0.4 is 5.32 Å². The van der Waals surface area contributed by atoms with E-state index in [0.29, 0.717) is 0 Å². The van der Waals surface area contributed by atoms with Crippen LogP contribution in [0.1, 0.15) is 0 Å². The molecule has 0 unspecified atom stereocenters. The van der Waals surface area contributed by atoms with Crippen molar-refractivity contribution in [1.82, 2.24) is 0 Å². The van der Waals surface area contributed by atoms with Gasteiger partial charge in [0.25, 0.3) is 0 Å². The van der Waals surface area contributed by atoms with Gasteiger partial charge in [-0.1, -0.05) is 97.1 Å². The SMILES string of the molecule is c1ccc(Nc2cccc3c2oc2c(-c4cccc5ccccc45)c4ccccc4cc23)cc1. The van der Waals surface area contributed by atoms with E-state index in [-0.39, 0.29) is 0 Å². The van der Waals surface area contributed by atoms with E-state index in [1.54, 1.807) is 0 Å². The Morgan fingerprint density at radius 2 is 1.15 bits per heavy atom. The van der Waals surface area contributed by atoms with Crippen LogP contribution >= 0.6 is 0 Å². The molecule has 6 aromatic carbocycles. The molecule has 7 rings (SSSR count). The Hall–Kier alpha value is -4.56. The minimum absolute atomic E-state index is 0.873. The number of fused-ring (bicyclic) bond motifs is 5. The van der Waals surface area contributed by atoms with Crippen LogP contribution in [-0.4, -0.2) is 0 Å². The molecule has 34 heavy (non-hydrogen) atoms. The van der Waals surface area contributed by atoms with Gasteiger partial charge in [-0.2, -0.15) is 0 Å². The molecule has 2 heteroatoms. The summed E-state index contributed by atoms with van der Waals surface area (Å²) >= 11 is 0. The number of rotatable bonds is 3. The van der Waals surface area contributed by atoms with Crippen molar-refractivity contribution in [2.75, 3.05) is 5.32 Å². The monoisotopic (exact) mass is 435 g/mol. The average molecular weight is 436 g/mol. The Morgan fingerprint density at radius 3 is 2.03 bits per heavy atom. The number of para-hydroxylation sites is 2. The molecule has 1 aromatic heterocycles. The van der Waals surface area contributed by atoms with Crippen molar-refractivity contribution in [3.8, 4) is 11.1 Å². The normalized spacial score (nSPS) is 11.5. The van der Waals surface area contributed by atoms with Crippen LogP contribution in [0.25, 0.3) is 54.6 Å². The molecule has 0 radical (unpaired) electrons. The smallest absolute Gasteiger partial charge is 0.158 e. The van der Waals surface area contributed by atoms with Crippen molar-refractivity contribution in [3.05, 3.63) is 121 Å². The average Bonchev–Trinajstić information content (AvgIpc) is 3.27. The predicted octanol–water partition coefficient (Wildman–Crippen LogP) is 9.30. The van der Waals surface area contributed by atoms with Gasteiger partial charge in [-0.05, 0) is 51.4 Å². The number of hydrogen-bond acceptors (Lipinski definition) is 2. The van der Waals surface area contributed by atoms with Crippen LogP contribution in [0.2, 0.25) is 0 Å². The zero-order chi connectivity index (χ0) is 22.5. The van der Waals surface area contributed by atoms with Crippen molar-refractivity contribution in [3.63, 3.8) is 0 Å². The second kappa shape index (κ2) is 7.50. The second-order valence-corrected chi connectivity index (χ2v) is 8.65. The van der Waals surface area contributed by atoms with Crippen LogP contribution in [-0.2, 0) is 0 Å². The molecular formula is C32H21NO. The van der Waals surface area contributed by atoms with Crippen LogP contribution in [0.5, 0.6) is 0 Å². The molecule has 0 aliphatic carbocycles. The third-order valence-corrected chi connectivity index (χ3v) is 6.62. The molecule has 1 heterocycles. The van der Waals surface area contributed by atoms with Crippen LogP contribution in [0.15, 0.2) is 126 Å². The molecule has 160 valence electrons. The lowest BCUT2D eigenvalue weighted by Gasteiger charge is -2.11. The Labute approximate surface area is 197 Å². The van der Waals surface area contributed by atoms with E-state index < -0.39 is 0 Å². The summed E-state index contributed by atoms with van der Waals surface area (Å²) in [5.74, 6) is 0. The highest BCUT2D eigenvalue weighted by atomic mass is 16.3. The Morgan fingerprint density at radius 1 is 0.471 bits per heavy atom. The fourth-order valence-corrected chi connectivity index (χ4v) is 5.08. The highest BCUT2D eigenvalue weighted by Crippen LogP contribution is 2.44. The molecule has 0 spiro atoms. The number of furan rings is 1. The third kappa shape index (κ3) is 2.89. The van der Waals surface area contributed by atoms with Gasteiger partial charge in [-0.3, -0.25) is 0 Å². The third-order valence-electron chi connectivity index (χ3n) is 6.62. The number of benzene rings is 6. The number of hydrogen-bond donors (Lipinski definition) is 1. The summed E-state index contributed by atoms with van der Waals surface area (Å²) in [6.07, 6.45) is 0.